The molecule has 2 fully saturated rings. The fraction of sp³-hybridized carbons (Fsp3) is 0.414. The van der Waals surface area contributed by atoms with Gasteiger partial charge in [0.05, 0.1) is 48.6 Å². The van der Waals surface area contributed by atoms with Gasteiger partial charge in [0.1, 0.15) is 11.6 Å². The number of hydrogen-bond donors (Lipinski definition) is 1. The Kier molecular flexibility index (Phi) is 8.17. The number of ether oxygens (including phenoxy) is 1. The van der Waals surface area contributed by atoms with Crippen LogP contribution in [0.4, 0.5) is 30.8 Å². The van der Waals surface area contributed by atoms with Gasteiger partial charge in [-0.05, 0) is 37.6 Å². The van der Waals surface area contributed by atoms with Crippen LogP contribution in [-0.2, 0) is 22.1 Å². The second kappa shape index (κ2) is 11.8. The van der Waals surface area contributed by atoms with Crippen LogP contribution in [0.15, 0.2) is 42.6 Å². The predicted molar refractivity (Wildman–Crippen MR) is 149 cm³/mol. The highest BCUT2D eigenvalue weighted by atomic mass is 19.4. The van der Waals surface area contributed by atoms with Crippen LogP contribution in [0.5, 0.6) is 0 Å². The molecule has 4 heterocycles. The summed E-state index contributed by atoms with van der Waals surface area (Å²) >= 11 is 0. The maximum absolute atomic E-state index is 14.0. The van der Waals surface area contributed by atoms with Crippen molar-refractivity contribution < 1.29 is 27.8 Å². The first kappa shape index (κ1) is 29.1. The molecular formula is C29H30F3N7O3. The number of carboxylic acid groups (broad SMARTS) is 1. The lowest BCUT2D eigenvalue weighted by Gasteiger charge is -2.42. The smallest absolute Gasteiger partial charge is 0.419 e. The summed E-state index contributed by atoms with van der Waals surface area (Å²) in [7, 11) is 0. The van der Waals surface area contributed by atoms with Crippen LogP contribution in [0.25, 0.3) is 11.3 Å². The Morgan fingerprint density at radius 1 is 1.10 bits per heavy atom. The van der Waals surface area contributed by atoms with Crippen LogP contribution in [0, 0.1) is 11.3 Å². The monoisotopic (exact) mass is 581 g/mol. The Balaban J connectivity index is 1.46. The molecule has 0 amide bonds. The highest BCUT2D eigenvalue weighted by Gasteiger charge is 2.38. The van der Waals surface area contributed by atoms with E-state index in [2.05, 4.69) is 16.0 Å². The van der Waals surface area contributed by atoms with Crippen molar-refractivity contribution in [3.8, 4) is 17.3 Å². The number of pyridine rings is 1. The number of halogens is 3. The molecule has 3 aromatic rings. The number of alkyl halides is 3. The van der Waals surface area contributed by atoms with Crippen molar-refractivity contribution >= 4 is 23.6 Å². The summed E-state index contributed by atoms with van der Waals surface area (Å²) in [5.41, 5.74) is 1.05. The molecule has 0 saturated carbocycles. The molecule has 2 aliphatic rings. The Hall–Kier alpha value is -4.44. The van der Waals surface area contributed by atoms with Crippen LogP contribution in [0.2, 0.25) is 0 Å². The van der Waals surface area contributed by atoms with Crippen molar-refractivity contribution in [2.75, 3.05) is 54.1 Å². The van der Waals surface area contributed by atoms with E-state index in [1.807, 2.05) is 36.9 Å². The molecular weight excluding hydrogens is 551 g/mol. The summed E-state index contributed by atoms with van der Waals surface area (Å²) < 4.78 is 47.6. The van der Waals surface area contributed by atoms with Gasteiger partial charge in [0.15, 0.2) is 0 Å². The highest BCUT2D eigenvalue weighted by molar-refractivity contribution is 5.70. The van der Waals surface area contributed by atoms with Gasteiger partial charge in [-0.15, -0.1) is 0 Å². The number of nitrogens with zero attached hydrogens (tertiary/aromatic N) is 7. The van der Waals surface area contributed by atoms with Gasteiger partial charge < -0.3 is 24.5 Å². The van der Waals surface area contributed by atoms with Crippen molar-refractivity contribution in [3.05, 3.63) is 59.3 Å². The van der Waals surface area contributed by atoms with E-state index in [0.29, 0.717) is 49.3 Å². The van der Waals surface area contributed by atoms with Crippen molar-refractivity contribution in [2.24, 2.45) is 0 Å². The summed E-state index contributed by atoms with van der Waals surface area (Å²) in [6.45, 7) is 6.51. The lowest BCUT2D eigenvalue weighted by molar-refractivity contribution is -0.138. The molecule has 1 N–H and O–H groups in total. The number of benzene rings is 1. The molecule has 13 heteroatoms. The molecule has 0 spiro atoms. The van der Waals surface area contributed by atoms with Crippen molar-refractivity contribution in [2.45, 2.75) is 38.5 Å². The molecule has 220 valence electrons. The van der Waals surface area contributed by atoms with Gasteiger partial charge in [-0.25, -0.2) is 9.97 Å². The van der Waals surface area contributed by atoms with Gasteiger partial charge in [-0.2, -0.15) is 23.4 Å². The third-order valence-corrected chi connectivity index (χ3v) is 7.44. The molecule has 2 saturated heterocycles. The Morgan fingerprint density at radius 2 is 1.86 bits per heavy atom. The average Bonchev–Trinajstić information content (AvgIpc) is 2.96. The molecule has 2 unspecified atom stereocenters. The predicted octanol–water partition coefficient (Wildman–Crippen LogP) is 4.00. The molecule has 0 aliphatic carbocycles. The molecule has 2 aliphatic heterocycles. The zero-order valence-electron chi connectivity index (χ0n) is 23.2. The van der Waals surface area contributed by atoms with Crippen LogP contribution in [0.3, 0.4) is 0 Å². The van der Waals surface area contributed by atoms with Crippen LogP contribution < -0.4 is 14.7 Å². The van der Waals surface area contributed by atoms with E-state index in [1.54, 1.807) is 17.0 Å². The molecule has 5 rings (SSSR count). The first-order valence-corrected chi connectivity index (χ1v) is 13.6. The van der Waals surface area contributed by atoms with Gasteiger partial charge >= 0.3 is 12.1 Å². The summed E-state index contributed by atoms with van der Waals surface area (Å²) in [4.78, 5) is 30.6. The van der Waals surface area contributed by atoms with E-state index in [9.17, 15) is 23.2 Å². The number of anilines is 3. The minimum Gasteiger partial charge on any atom is -0.481 e. The van der Waals surface area contributed by atoms with Gasteiger partial charge in [0, 0.05) is 50.0 Å². The molecule has 0 radical (unpaired) electrons. The molecule has 0 bridgehead atoms. The lowest BCUT2D eigenvalue weighted by Crippen LogP contribution is -2.53. The largest absolute Gasteiger partial charge is 0.481 e. The first-order chi connectivity index (χ1) is 20.0. The zero-order chi connectivity index (χ0) is 30.0. The van der Waals surface area contributed by atoms with Crippen molar-refractivity contribution in [3.63, 3.8) is 0 Å². The third-order valence-electron chi connectivity index (χ3n) is 7.44. The molecule has 1 aromatic carbocycles. The number of carbonyl (C=O) groups is 1. The number of hydrogen-bond acceptors (Lipinski definition) is 9. The van der Waals surface area contributed by atoms with Gasteiger partial charge in [-0.1, -0.05) is 12.1 Å². The zero-order valence-corrected chi connectivity index (χ0v) is 23.2. The Bertz CT molecular complexity index is 1490. The van der Waals surface area contributed by atoms with E-state index in [1.165, 1.54) is 6.20 Å². The van der Waals surface area contributed by atoms with Crippen LogP contribution >= 0.6 is 0 Å². The van der Waals surface area contributed by atoms with Crippen LogP contribution in [-0.4, -0.2) is 77.5 Å². The first-order valence-electron chi connectivity index (χ1n) is 13.6. The minimum absolute atomic E-state index is 0.00792. The van der Waals surface area contributed by atoms with E-state index in [-0.39, 0.29) is 36.6 Å². The standard InChI is InChI=1S/C29H30F3N7O3/c1-18-16-37(27-23(29(30,31)32)11-21(15-34-27)12-26(40)41)7-8-38(18)25-13-24(22-5-3-20(14-33)4-6-22)35-28(36-25)39-9-10-42-17-19(39)2/h3-6,11,13,15,18-19H,7-10,12,16-17H2,1-2H3,(H,40,41). The number of aliphatic carboxylic acids is 1. The fourth-order valence-corrected chi connectivity index (χ4v) is 5.31. The maximum atomic E-state index is 14.0. The number of piperazine rings is 1. The Labute approximate surface area is 241 Å². The normalized spacial score (nSPS) is 19.5. The van der Waals surface area contributed by atoms with Gasteiger partial charge in [-0.3, -0.25) is 4.79 Å². The molecule has 10 nitrogen and oxygen atoms in total. The molecule has 2 atom stereocenters. The van der Waals surface area contributed by atoms with E-state index < -0.39 is 24.1 Å². The number of nitriles is 1. The van der Waals surface area contributed by atoms with E-state index in [4.69, 9.17) is 19.8 Å². The van der Waals surface area contributed by atoms with Crippen molar-refractivity contribution in [1.29, 1.82) is 5.26 Å². The van der Waals surface area contributed by atoms with Crippen molar-refractivity contribution in [1.82, 2.24) is 15.0 Å². The second-order valence-electron chi connectivity index (χ2n) is 10.5. The Morgan fingerprint density at radius 3 is 2.50 bits per heavy atom. The van der Waals surface area contributed by atoms with Gasteiger partial charge in [0.2, 0.25) is 5.95 Å². The summed E-state index contributed by atoms with van der Waals surface area (Å²) in [5.74, 6) is -0.263. The van der Waals surface area contributed by atoms with Gasteiger partial charge in [0.25, 0.3) is 0 Å². The van der Waals surface area contributed by atoms with E-state index >= 15 is 0 Å². The summed E-state index contributed by atoms with van der Waals surface area (Å²) in [5, 5.41) is 18.2. The number of rotatable bonds is 6. The number of morpholine rings is 1. The summed E-state index contributed by atoms with van der Waals surface area (Å²) in [6, 6.07) is 11.8. The topological polar surface area (TPSA) is 119 Å². The van der Waals surface area contributed by atoms with Crippen LogP contribution in [0.1, 0.15) is 30.5 Å². The maximum Gasteiger partial charge on any atom is 0.419 e. The SMILES string of the molecule is CC1CN(c2ncc(CC(=O)O)cc2C(F)(F)F)CCN1c1cc(-c2ccc(C#N)cc2)nc(N2CCOCC2C)n1. The van der Waals surface area contributed by atoms with E-state index in [0.717, 1.165) is 11.6 Å². The quantitative estimate of drug-likeness (QED) is 0.458. The molecule has 2 aromatic heterocycles. The highest BCUT2D eigenvalue weighted by Crippen LogP contribution is 2.37. The minimum atomic E-state index is -4.69. The average molecular weight is 582 g/mol. The summed E-state index contributed by atoms with van der Waals surface area (Å²) in [6.07, 6.45) is -4.04. The number of carboxylic acids is 1. The molecule has 42 heavy (non-hydrogen) atoms. The second-order valence-corrected chi connectivity index (χ2v) is 10.5. The number of aromatic nitrogens is 3. The lowest BCUT2D eigenvalue weighted by atomic mass is 10.1. The third kappa shape index (κ3) is 6.23. The fourth-order valence-electron chi connectivity index (χ4n) is 5.31.